The summed E-state index contributed by atoms with van der Waals surface area (Å²) in [7, 11) is 3.28. The molecule has 7 rings (SSSR count). The monoisotopic (exact) mass is 766 g/mol. The number of nitrogens with zero attached hydrogens (tertiary/aromatic N) is 2. The van der Waals surface area contributed by atoms with Gasteiger partial charge in [0.05, 0.1) is 18.2 Å². The molecule has 0 spiro atoms. The van der Waals surface area contributed by atoms with Gasteiger partial charge in [-0.3, -0.25) is 9.59 Å². The standard InChI is InChI=1S/C44H50N2O10/c1-4-20-54-44-40(46(2)43(50)30-14-16-38-39(23-30)53-27-52-38)25-36(45-51-3)34-22-29(11-5-7-18-47)33(13-6-8-19-48)41(42(34)44)35-24-32(15-17-37(35)56-44)55-31-12-9-10-28(21-31)26-49/h4,9-10,12,14-17,21-24,26,29,33,40-42,47-48H,1,5-8,11,13,18-20,25,27H2,2-3H3. The second kappa shape index (κ2) is 17.3. The Morgan fingerprint density at radius 3 is 2.52 bits per heavy atom. The van der Waals surface area contributed by atoms with E-state index in [9.17, 15) is 19.8 Å². The van der Waals surface area contributed by atoms with Gasteiger partial charge in [0.15, 0.2) is 11.5 Å². The molecular weight excluding hydrogens is 716 g/mol. The van der Waals surface area contributed by atoms with Crippen molar-refractivity contribution in [1.29, 1.82) is 0 Å². The Labute approximate surface area is 327 Å². The minimum Gasteiger partial charge on any atom is -0.459 e. The molecule has 2 N–H and O–H groups in total. The molecule has 1 fully saturated rings. The third kappa shape index (κ3) is 7.53. The summed E-state index contributed by atoms with van der Waals surface area (Å²) in [6.45, 7) is 4.40. The number of allylic oxidation sites excluding steroid dienone is 1. The molecule has 6 unspecified atom stereocenters. The van der Waals surface area contributed by atoms with Crippen molar-refractivity contribution in [3.8, 4) is 28.7 Å². The van der Waals surface area contributed by atoms with Crippen LogP contribution in [0.3, 0.4) is 0 Å². The maximum Gasteiger partial charge on any atom is 0.254 e. The predicted octanol–water partition coefficient (Wildman–Crippen LogP) is 7.06. The number of ether oxygens (including phenoxy) is 5. The predicted molar refractivity (Wildman–Crippen MR) is 209 cm³/mol. The Bertz CT molecular complexity index is 1980. The topological polar surface area (TPSA) is 146 Å². The Hall–Kier alpha value is -5.17. The molecule has 1 saturated carbocycles. The number of aliphatic hydroxyl groups is 2. The number of aliphatic hydroxyl groups excluding tert-OH is 2. The van der Waals surface area contributed by atoms with Crippen molar-refractivity contribution >= 4 is 17.9 Å². The van der Waals surface area contributed by atoms with Crippen molar-refractivity contribution in [2.45, 2.75) is 62.7 Å². The van der Waals surface area contributed by atoms with Crippen LogP contribution in [0.5, 0.6) is 28.7 Å². The van der Waals surface area contributed by atoms with Gasteiger partial charge in [-0.15, -0.1) is 6.58 Å². The molecule has 4 aliphatic rings. The van der Waals surface area contributed by atoms with E-state index in [2.05, 4.69) is 17.8 Å². The van der Waals surface area contributed by atoms with Gasteiger partial charge in [0, 0.05) is 49.3 Å². The van der Waals surface area contributed by atoms with Crippen LogP contribution in [0.1, 0.15) is 77.1 Å². The van der Waals surface area contributed by atoms with Gasteiger partial charge in [-0.25, -0.2) is 0 Å². The molecular formula is C44H50N2O10. The zero-order valence-electron chi connectivity index (χ0n) is 31.9. The van der Waals surface area contributed by atoms with Crippen molar-refractivity contribution in [3.63, 3.8) is 0 Å². The highest BCUT2D eigenvalue weighted by Crippen LogP contribution is 2.62. The van der Waals surface area contributed by atoms with E-state index in [1.54, 1.807) is 60.5 Å². The van der Waals surface area contributed by atoms with Crippen molar-refractivity contribution in [3.05, 3.63) is 102 Å². The molecule has 12 heteroatoms. The maximum absolute atomic E-state index is 14.5. The van der Waals surface area contributed by atoms with Crippen molar-refractivity contribution < 1.29 is 48.3 Å². The number of amides is 1. The lowest BCUT2D eigenvalue weighted by Gasteiger charge is -2.59. The normalized spacial score (nSPS) is 25.0. The summed E-state index contributed by atoms with van der Waals surface area (Å²) in [4.78, 5) is 33.3. The van der Waals surface area contributed by atoms with Crippen LogP contribution < -0.4 is 18.9 Å². The summed E-state index contributed by atoms with van der Waals surface area (Å²) in [5, 5.41) is 24.3. The molecule has 2 heterocycles. The molecule has 12 nitrogen and oxygen atoms in total. The summed E-state index contributed by atoms with van der Waals surface area (Å²) in [5.74, 6) is 0.585. The fraction of sp³-hybridized carbons (Fsp3) is 0.432. The molecule has 3 aromatic rings. The highest BCUT2D eigenvalue weighted by Gasteiger charge is 2.65. The molecule has 1 amide bonds. The van der Waals surface area contributed by atoms with Gasteiger partial charge in [0.2, 0.25) is 12.6 Å². The first-order valence-electron chi connectivity index (χ1n) is 19.4. The van der Waals surface area contributed by atoms with E-state index in [-0.39, 0.29) is 56.7 Å². The second-order valence-corrected chi connectivity index (χ2v) is 14.7. The zero-order chi connectivity index (χ0) is 39.2. The van der Waals surface area contributed by atoms with E-state index in [0.717, 1.165) is 43.1 Å². The van der Waals surface area contributed by atoms with Crippen LogP contribution in [0.15, 0.2) is 90.1 Å². The van der Waals surface area contributed by atoms with Gasteiger partial charge in [-0.1, -0.05) is 42.3 Å². The average molecular weight is 767 g/mol. The van der Waals surface area contributed by atoms with Crippen molar-refractivity contribution in [2.75, 3.05) is 40.8 Å². The van der Waals surface area contributed by atoms with Crippen molar-refractivity contribution in [2.24, 2.45) is 22.9 Å². The summed E-state index contributed by atoms with van der Waals surface area (Å²) < 4.78 is 31.7. The average Bonchev–Trinajstić information content (AvgIpc) is 3.70. The van der Waals surface area contributed by atoms with E-state index >= 15 is 0 Å². The molecule has 56 heavy (non-hydrogen) atoms. The number of unbranched alkanes of at least 4 members (excludes halogenated alkanes) is 2. The van der Waals surface area contributed by atoms with Crippen molar-refractivity contribution in [1.82, 2.24) is 4.90 Å². The quantitative estimate of drug-likeness (QED) is 0.0634. The van der Waals surface area contributed by atoms with Gasteiger partial charge >= 0.3 is 0 Å². The van der Waals surface area contributed by atoms with Crippen LogP contribution in [-0.2, 0) is 9.57 Å². The Morgan fingerprint density at radius 1 is 0.982 bits per heavy atom. The Kier molecular flexibility index (Phi) is 12.1. The van der Waals surface area contributed by atoms with Crippen LogP contribution in [0.25, 0.3) is 0 Å². The summed E-state index contributed by atoms with van der Waals surface area (Å²) in [6.07, 6.45) is 9.60. The minimum absolute atomic E-state index is 0.0504. The lowest BCUT2D eigenvalue weighted by atomic mass is 9.55. The van der Waals surface area contributed by atoms with Crippen LogP contribution in [0.4, 0.5) is 0 Å². The number of aldehydes is 1. The molecule has 0 radical (unpaired) electrons. The lowest BCUT2D eigenvalue weighted by Crippen LogP contribution is -2.69. The SMILES string of the molecule is C=CCOC12Oc3ccc(Oc4cccc(C=O)c4)cc3C3C(CCCCO)C(CCCCO)C=C(C(=NOC)CC1N(C)C(=O)c1ccc4c(c1)OCO4)C32. The number of hydrogen-bond donors (Lipinski definition) is 2. The number of rotatable bonds is 17. The molecule has 2 aliphatic heterocycles. The third-order valence-corrected chi connectivity index (χ3v) is 11.5. The Morgan fingerprint density at radius 2 is 1.75 bits per heavy atom. The van der Waals surface area contributed by atoms with Gasteiger partial charge in [-0.2, -0.15) is 0 Å². The number of carbonyl (C=O) groups is 2. The molecule has 0 bridgehead atoms. The number of fused-ring (bicyclic) bond motifs is 3. The lowest BCUT2D eigenvalue weighted by molar-refractivity contribution is -0.252. The summed E-state index contributed by atoms with van der Waals surface area (Å²) in [5.41, 5.74) is 3.48. The van der Waals surface area contributed by atoms with Crippen LogP contribution in [-0.4, -0.2) is 85.6 Å². The number of benzene rings is 3. The fourth-order valence-electron chi connectivity index (χ4n) is 9.06. The third-order valence-electron chi connectivity index (χ3n) is 11.5. The maximum atomic E-state index is 14.5. The number of oxime groups is 1. The van der Waals surface area contributed by atoms with Gasteiger partial charge in [0.25, 0.3) is 5.91 Å². The number of carbonyl (C=O) groups excluding carboxylic acids is 2. The van der Waals surface area contributed by atoms with Crippen LogP contribution in [0, 0.1) is 17.8 Å². The summed E-state index contributed by atoms with van der Waals surface area (Å²) in [6, 6.07) is 17.2. The summed E-state index contributed by atoms with van der Waals surface area (Å²) >= 11 is 0. The van der Waals surface area contributed by atoms with E-state index in [4.69, 9.17) is 28.5 Å². The molecule has 0 aromatic heterocycles. The Balaban J connectivity index is 1.40. The highest BCUT2D eigenvalue weighted by atomic mass is 16.7. The van der Waals surface area contributed by atoms with Crippen LogP contribution >= 0.6 is 0 Å². The number of hydrogen-bond acceptors (Lipinski definition) is 11. The first-order chi connectivity index (χ1) is 27.3. The van der Waals surface area contributed by atoms with Crippen LogP contribution in [0.2, 0.25) is 0 Å². The number of likely N-dealkylation sites (N-methyl/N-ethyl adjacent to an activating group) is 1. The van der Waals surface area contributed by atoms with E-state index in [0.29, 0.717) is 58.4 Å². The van der Waals surface area contributed by atoms with Gasteiger partial charge in [0.1, 0.15) is 36.7 Å². The molecule has 2 aliphatic carbocycles. The first-order valence-corrected chi connectivity index (χ1v) is 19.4. The van der Waals surface area contributed by atoms with E-state index in [1.165, 1.54) is 7.11 Å². The van der Waals surface area contributed by atoms with Gasteiger partial charge < -0.3 is 43.6 Å². The smallest absolute Gasteiger partial charge is 0.254 e. The van der Waals surface area contributed by atoms with E-state index < -0.39 is 17.7 Å². The fourth-order valence-corrected chi connectivity index (χ4v) is 9.06. The van der Waals surface area contributed by atoms with E-state index in [1.807, 2.05) is 18.2 Å². The molecule has 296 valence electrons. The van der Waals surface area contributed by atoms with Gasteiger partial charge in [-0.05, 0) is 91.6 Å². The first kappa shape index (κ1) is 39.1. The minimum atomic E-state index is -1.39. The largest absolute Gasteiger partial charge is 0.459 e. The molecule has 0 saturated heterocycles. The molecule has 6 atom stereocenters. The zero-order valence-corrected chi connectivity index (χ0v) is 31.9. The highest BCUT2D eigenvalue weighted by molar-refractivity contribution is 6.03. The molecule has 3 aromatic carbocycles. The second-order valence-electron chi connectivity index (χ2n) is 14.7.